The highest BCUT2D eigenvalue weighted by molar-refractivity contribution is 7.19. The summed E-state index contributed by atoms with van der Waals surface area (Å²) in [6, 6.07) is 9.18. The summed E-state index contributed by atoms with van der Waals surface area (Å²) in [6.45, 7) is 6.49. The quantitative estimate of drug-likeness (QED) is 0.323. The first kappa shape index (κ1) is 20.8. The molecule has 4 rings (SSSR count). The van der Waals surface area contributed by atoms with Crippen molar-refractivity contribution in [3.63, 3.8) is 0 Å². The Morgan fingerprint density at radius 2 is 1.77 bits per heavy atom. The van der Waals surface area contributed by atoms with Crippen LogP contribution in [-0.2, 0) is 5.41 Å². The Kier molecular flexibility index (Phi) is 5.57. The Morgan fingerprint density at radius 3 is 2.47 bits per heavy atom. The summed E-state index contributed by atoms with van der Waals surface area (Å²) in [5, 5.41) is 1.81. The summed E-state index contributed by atoms with van der Waals surface area (Å²) in [7, 11) is 1.55. The summed E-state index contributed by atoms with van der Waals surface area (Å²) < 4.78 is 11.5. The predicted octanol–water partition coefficient (Wildman–Crippen LogP) is 7.16. The van der Waals surface area contributed by atoms with Crippen molar-refractivity contribution in [2.24, 2.45) is 0 Å². The standard InChI is InChI=1S/C22H19Cl2N3O2S/c1-22(2,3)18-16(12-7-8-13(23)14(24)10-12)17-20(26-11-27-21(17)30-18)29-15-6-5-9-25-19(15)28-4/h5-11H,1-4H3. The molecule has 0 N–H and O–H groups in total. The molecule has 0 unspecified atom stereocenters. The molecule has 5 nitrogen and oxygen atoms in total. The lowest BCUT2D eigenvalue weighted by Gasteiger charge is -2.19. The van der Waals surface area contributed by atoms with Crippen LogP contribution in [0.15, 0.2) is 42.9 Å². The molecule has 8 heteroatoms. The largest absolute Gasteiger partial charge is 0.478 e. The number of pyridine rings is 1. The van der Waals surface area contributed by atoms with E-state index in [2.05, 4.69) is 35.7 Å². The van der Waals surface area contributed by atoms with Crippen molar-refractivity contribution in [3.05, 3.63) is 57.8 Å². The van der Waals surface area contributed by atoms with Gasteiger partial charge in [-0.15, -0.1) is 11.3 Å². The van der Waals surface area contributed by atoms with Crippen molar-refractivity contribution in [2.45, 2.75) is 26.2 Å². The van der Waals surface area contributed by atoms with E-state index in [0.29, 0.717) is 27.6 Å². The van der Waals surface area contributed by atoms with Gasteiger partial charge in [-0.05, 0) is 35.2 Å². The van der Waals surface area contributed by atoms with Crippen LogP contribution in [-0.4, -0.2) is 22.1 Å². The highest BCUT2D eigenvalue weighted by Crippen LogP contribution is 2.48. The molecule has 0 radical (unpaired) electrons. The third kappa shape index (κ3) is 3.83. The highest BCUT2D eigenvalue weighted by atomic mass is 35.5. The molecule has 0 bridgehead atoms. The minimum Gasteiger partial charge on any atom is -0.478 e. The molecule has 0 amide bonds. The van der Waals surface area contributed by atoms with E-state index in [0.717, 1.165) is 26.2 Å². The second-order valence-corrected chi connectivity index (χ2v) is 9.47. The van der Waals surface area contributed by atoms with Crippen LogP contribution >= 0.6 is 34.5 Å². The lowest BCUT2D eigenvalue weighted by Crippen LogP contribution is -2.10. The number of fused-ring (bicyclic) bond motifs is 1. The Balaban J connectivity index is 1.99. The molecule has 4 aromatic rings. The van der Waals surface area contributed by atoms with E-state index in [4.69, 9.17) is 32.7 Å². The predicted molar refractivity (Wildman–Crippen MR) is 122 cm³/mol. The summed E-state index contributed by atoms with van der Waals surface area (Å²) in [5.41, 5.74) is 1.79. The molecule has 0 saturated carbocycles. The number of benzene rings is 1. The number of thiophene rings is 1. The van der Waals surface area contributed by atoms with E-state index in [1.54, 1.807) is 42.8 Å². The molecule has 0 saturated heterocycles. The molecule has 0 aliphatic carbocycles. The van der Waals surface area contributed by atoms with Gasteiger partial charge in [-0.3, -0.25) is 0 Å². The van der Waals surface area contributed by atoms with Gasteiger partial charge in [-0.1, -0.05) is 50.0 Å². The van der Waals surface area contributed by atoms with Crippen molar-refractivity contribution in [2.75, 3.05) is 7.11 Å². The van der Waals surface area contributed by atoms with Crippen LogP contribution in [0.1, 0.15) is 25.6 Å². The van der Waals surface area contributed by atoms with E-state index >= 15 is 0 Å². The number of ether oxygens (including phenoxy) is 2. The minimum atomic E-state index is -0.129. The van der Waals surface area contributed by atoms with E-state index < -0.39 is 0 Å². The zero-order valence-electron chi connectivity index (χ0n) is 16.9. The fraction of sp³-hybridized carbons (Fsp3) is 0.227. The van der Waals surface area contributed by atoms with Crippen molar-refractivity contribution < 1.29 is 9.47 Å². The Bertz CT molecular complexity index is 1240. The number of rotatable bonds is 4. The molecule has 0 spiro atoms. The lowest BCUT2D eigenvalue weighted by atomic mass is 9.88. The van der Waals surface area contributed by atoms with Crippen molar-refractivity contribution in [3.8, 4) is 28.6 Å². The maximum atomic E-state index is 6.34. The topological polar surface area (TPSA) is 57.1 Å². The summed E-state index contributed by atoms with van der Waals surface area (Å²) >= 11 is 14.1. The van der Waals surface area contributed by atoms with E-state index in [9.17, 15) is 0 Å². The first-order chi connectivity index (χ1) is 14.3. The Labute approximate surface area is 188 Å². The second kappa shape index (κ2) is 8.02. The van der Waals surface area contributed by atoms with Gasteiger partial charge >= 0.3 is 0 Å². The lowest BCUT2D eigenvalue weighted by molar-refractivity contribution is 0.361. The van der Waals surface area contributed by atoms with Crippen molar-refractivity contribution in [1.82, 2.24) is 15.0 Å². The van der Waals surface area contributed by atoms with E-state index in [1.807, 2.05) is 12.1 Å². The van der Waals surface area contributed by atoms with Gasteiger partial charge in [0.25, 0.3) is 5.88 Å². The molecule has 0 aliphatic heterocycles. The molecule has 3 heterocycles. The third-order valence-corrected chi connectivity index (χ3v) is 6.74. The van der Waals surface area contributed by atoms with Crippen molar-refractivity contribution in [1.29, 1.82) is 0 Å². The SMILES string of the molecule is COc1ncccc1Oc1ncnc2sc(C(C)(C)C)c(-c3ccc(Cl)c(Cl)c3)c12. The summed E-state index contributed by atoms with van der Waals surface area (Å²) in [5.74, 6) is 1.29. The molecular formula is C22H19Cl2N3O2S. The molecule has 1 aromatic carbocycles. The monoisotopic (exact) mass is 459 g/mol. The Morgan fingerprint density at radius 1 is 0.967 bits per heavy atom. The zero-order valence-corrected chi connectivity index (χ0v) is 19.2. The highest BCUT2D eigenvalue weighted by Gasteiger charge is 2.28. The molecule has 0 atom stereocenters. The van der Waals surface area contributed by atoms with Crippen LogP contribution in [0.5, 0.6) is 17.5 Å². The number of halogens is 2. The molecular weight excluding hydrogens is 441 g/mol. The second-order valence-electron chi connectivity index (χ2n) is 7.66. The smallest absolute Gasteiger partial charge is 0.257 e. The van der Waals surface area contributed by atoms with Gasteiger partial charge in [-0.25, -0.2) is 15.0 Å². The summed E-state index contributed by atoms with van der Waals surface area (Å²) in [4.78, 5) is 15.1. The van der Waals surface area contributed by atoms with Gasteiger partial charge < -0.3 is 9.47 Å². The average Bonchev–Trinajstić information content (AvgIpc) is 3.12. The fourth-order valence-electron chi connectivity index (χ4n) is 3.15. The summed E-state index contributed by atoms with van der Waals surface area (Å²) in [6.07, 6.45) is 3.15. The zero-order chi connectivity index (χ0) is 21.5. The first-order valence-corrected chi connectivity index (χ1v) is 10.8. The van der Waals surface area contributed by atoms with Gasteiger partial charge in [0.15, 0.2) is 5.75 Å². The van der Waals surface area contributed by atoms with Gasteiger partial charge in [0.1, 0.15) is 11.2 Å². The van der Waals surface area contributed by atoms with E-state index in [1.165, 1.54) is 6.33 Å². The average molecular weight is 460 g/mol. The number of methoxy groups -OCH3 is 1. The van der Waals surface area contributed by atoms with Crippen LogP contribution in [0.4, 0.5) is 0 Å². The van der Waals surface area contributed by atoms with Crippen LogP contribution in [0.2, 0.25) is 10.0 Å². The maximum absolute atomic E-state index is 6.34. The molecule has 0 fully saturated rings. The normalized spacial score (nSPS) is 11.7. The number of aromatic nitrogens is 3. The third-order valence-electron chi connectivity index (χ3n) is 4.48. The number of hydrogen-bond acceptors (Lipinski definition) is 6. The molecule has 30 heavy (non-hydrogen) atoms. The van der Waals surface area contributed by atoms with Crippen LogP contribution < -0.4 is 9.47 Å². The molecule has 0 aliphatic rings. The first-order valence-electron chi connectivity index (χ1n) is 9.20. The maximum Gasteiger partial charge on any atom is 0.257 e. The van der Waals surface area contributed by atoms with Gasteiger partial charge in [0, 0.05) is 16.6 Å². The van der Waals surface area contributed by atoms with E-state index in [-0.39, 0.29) is 5.41 Å². The minimum absolute atomic E-state index is 0.129. The van der Waals surface area contributed by atoms with Crippen molar-refractivity contribution >= 4 is 44.8 Å². The number of hydrogen-bond donors (Lipinski definition) is 0. The van der Waals surface area contributed by atoms with Crippen LogP contribution in [0.25, 0.3) is 21.3 Å². The van der Waals surface area contributed by atoms with Gasteiger partial charge in [0.05, 0.1) is 22.5 Å². The van der Waals surface area contributed by atoms with Crippen LogP contribution in [0.3, 0.4) is 0 Å². The van der Waals surface area contributed by atoms with Crippen LogP contribution in [0, 0.1) is 0 Å². The fourth-order valence-corrected chi connectivity index (χ4v) is 4.66. The number of nitrogens with zero attached hydrogens (tertiary/aromatic N) is 3. The van der Waals surface area contributed by atoms with Gasteiger partial charge in [0.2, 0.25) is 5.88 Å². The Hall–Kier alpha value is -2.41. The van der Waals surface area contributed by atoms with Gasteiger partial charge in [-0.2, -0.15) is 0 Å². The molecule has 3 aromatic heterocycles. The molecule has 154 valence electrons.